The molecule has 1 amide bonds. The first kappa shape index (κ1) is 15.9. The fraction of sp³-hybridized carbons (Fsp3) is 0.385. The molecule has 20 heavy (non-hydrogen) atoms. The third kappa shape index (κ3) is 3.92. The molecule has 110 valence electrons. The molecule has 0 heterocycles. The maximum Gasteiger partial charge on any atom is 0.227 e. The van der Waals surface area contributed by atoms with Crippen LogP contribution in [0, 0.1) is 5.82 Å². The molecule has 4 N–H and O–H groups in total. The minimum absolute atomic E-state index is 0.0790. The van der Waals surface area contributed by atoms with Gasteiger partial charge in [-0.05, 0) is 26.0 Å². The van der Waals surface area contributed by atoms with Crippen LogP contribution in [-0.2, 0) is 9.53 Å². The molecular weight excluding hydrogens is 265 g/mol. The third-order valence-corrected chi connectivity index (χ3v) is 2.79. The van der Waals surface area contributed by atoms with Gasteiger partial charge in [0.05, 0.1) is 23.3 Å². The van der Waals surface area contributed by atoms with Gasteiger partial charge in [0.25, 0.3) is 0 Å². The third-order valence-electron chi connectivity index (χ3n) is 2.79. The van der Waals surface area contributed by atoms with Crippen molar-refractivity contribution in [2.45, 2.75) is 25.9 Å². The van der Waals surface area contributed by atoms with Gasteiger partial charge < -0.3 is 21.0 Å². The van der Waals surface area contributed by atoms with Crippen LogP contribution in [0.3, 0.4) is 0 Å². The van der Waals surface area contributed by atoms with Crippen molar-refractivity contribution in [3.8, 4) is 0 Å². The van der Waals surface area contributed by atoms with Crippen LogP contribution < -0.4 is 11.1 Å². The number of nitrogens with two attached hydrogens (primary N) is 1. The zero-order chi connectivity index (χ0) is 15.3. The van der Waals surface area contributed by atoms with Gasteiger partial charge in [0.1, 0.15) is 5.82 Å². The number of nitrogens with zero attached hydrogens (tertiary/aromatic N) is 1. The van der Waals surface area contributed by atoms with Crippen molar-refractivity contribution in [3.05, 3.63) is 29.6 Å². The first-order chi connectivity index (χ1) is 9.30. The SMILES string of the molecule is COC(C)(C)CC(=O)Nc1cccc(F)c1/C(N)=N/O. The fourth-order valence-corrected chi connectivity index (χ4v) is 1.59. The topological polar surface area (TPSA) is 96.9 Å². The minimum atomic E-state index is -0.691. The average Bonchev–Trinajstić information content (AvgIpc) is 2.37. The molecule has 1 rings (SSSR count). The normalized spacial score (nSPS) is 12.3. The van der Waals surface area contributed by atoms with E-state index < -0.39 is 17.3 Å². The number of amidine groups is 1. The summed E-state index contributed by atoms with van der Waals surface area (Å²) in [6.07, 6.45) is 0.0790. The molecule has 0 atom stereocenters. The lowest BCUT2D eigenvalue weighted by Crippen LogP contribution is -2.30. The van der Waals surface area contributed by atoms with Crippen molar-refractivity contribution in [2.24, 2.45) is 10.9 Å². The second-order valence-corrected chi connectivity index (χ2v) is 4.84. The number of methoxy groups -OCH3 is 1. The molecule has 0 aliphatic rings. The van der Waals surface area contributed by atoms with E-state index in [2.05, 4.69) is 10.5 Å². The van der Waals surface area contributed by atoms with Crippen LogP contribution in [0.5, 0.6) is 0 Å². The van der Waals surface area contributed by atoms with E-state index >= 15 is 0 Å². The quantitative estimate of drug-likeness (QED) is 0.331. The Bertz CT molecular complexity index is 530. The summed E-state index contributed by atoms with van der Waals surface area (Å²) in [5.74, 6) is -1.47. The van der Waals surface area contributed by atoms with E-state index in [1.165, 1.54) is 19.2 Å². The number of hydrogen-bond acceptors (Lipinski definition) is 4. The number of nitrogens with one attached hydrogen (secondary N) is 1. The second-order valence-electron chi connectivity index (χ2n) is 4.84. The Morgan fingerprint density at radius 2 is 2.20 bits per heavy atom. The summed E-state index contributed by atoms with van der Waals surface area (Å²) in [5, 5.41) is 13.9. The van der Waals surface area contributed by atoms with Crippen LogP contribution in [0.2, 0.25) is 0 Å². The van der Waals surface area contributed by atoms with Crippen LogP contribution in [0.1, 0.15) is 25.8 Å². The number of carbonyl (C=O) groups is 1. The average molecular weight is 283 g/mol. The molecule has 0 aliphatic carbocycles. The van der Waals surface area contributed by atoms with Crippen LogP contribution >= 0.6 is 0 Å². The van der Waals surface area contributed by atoms with Crippen LogP contribution in [-0.4, -0.2) is 29.7 Å². The van der Waals surface area contributed by atoms with Gasteiger partial charge in [0, 0.05) is 7.11 Å². The van der Waals surface area contributed by atoms with Gasteiger partial charge >= 0.3 is 0 Å². The number of amides is 1. The lowest BCUT2D eigenvalue weighted by Gasteiger charge is -2.22. The lowest BCUT2D eigenvalue weighted by atomic mass is 10.0. The fourth-order valence-electron chi connectivity index (χ4n) is 1.59. The van der Waals surface area contributed by atoms with E-state index in [1.807, 2.05) is 0 Å². The zero-order valence-corrected chi connectivity index (χ0v) is 11.6. The molecular formula is C13H18FN3O3. The van der Waals surface area contributed by atoms with Crippen molar-refractivity contribution in [1.29, 1.82) is 0 Å². The Morgan fingerprint density at radius 3 is 2.75 bits per heavy atom. The number of ether oxygens (including phenoxy) is 1. The van der Waals surface area contributed by atoms with Gasteiger partial charge in [-0.3, -0.25) is 4.79 Å². The van der Waals surface area contributed by atoms with E-state index in [-0.39, 0.29) is 23.6 Å². The predicted octanol–water partition coefficient (Wildman–Crippen LogP) is 1.67. The summed E-state index contributed by atoms with van der Waals surface area (Å²) < 4.78 is 18.8. The molecule has 1 aromatic rings. The Balaban J connectivity index is 2.99. The van der Waals surface area contributed by atoms with E-state index in [4.69, 9.17) is 15.7 Å². The molecule has 0 saturated heterocycles. The monoisotopic (exact) mass is 283 g/mol. The predicted molar refractivity (Wildman–Crippen MR) is 73.2 cm³/mol. The molecule has 0 fully saturated rings. The summed E-state index contributed by atoms with van der Waals surface area (Å²) in [7, 11) is 1.50. The Morgan fingerprint density at radius 1 is 1.55 bits per heavy atom. The summed E-state index contributed by atoms with van der Waals surface area (Å²) >= 11 is 0. The number of carbonyl (C=O) groups excluding carboxylic acids is 1. The van der Waals surface area contributed by atoms with Crippen LogP contribution in [0.4, 0.5) is 10.1 Å². The van der Waals surface area contributed by atoms with Gasteiger partial charge in [0.15, 0.2) is 5.84 Å². The highest BCUT2D eigenvalue weighted by Crippen LogP contribution is 2.20. The van der Waals surface area contributed by atoms with E-state index in [0.717, 1.165) is 6.07 Å². The van der Waals surface area contributed by atoms with Crippen LogP contribution in [0.15, 0.2) is 23.4 Å². The van der Waals surface area contributed by atoms with E-state index in [0.29, 0.717) is 0 Å². The number of rotatable bonds is 5. The second kappa shape index (κ2) is 6.33. The van der Waals surface area contributed by atoms with Crippen molar-refractivity contribution >= 4 is 17.4 Å². The molecule has 0 aliphatic heterocycles. The van der Waals surface area contributed by atoms with Gasteiger partial charge in [-0.1, -0.05) is 11.2 Å². The van der Waals surface area contributed by atoms with E-state index in [1.54, 1.807) is 13.8 Å². The number of benzene rings is 1. The summed E-state index contributed by atoms with van der Waals surface area (Å²) in [6, 6.07) is 4.04. The highest BCUT2D eigenvalue weighted by molar-refractivity contribution is 6.05. The highest BCUT2D eigenvalue weighted by atomic mass is 19.1. The summed E-state index contributed by atoms with van der Waals surface area (Å²) in [5.41, 5.74) is 4.75. The summed E-state index contributed by atoms with van der Waals surface area (Å²) in [4.78, 5) is 11.9. The maximum absolute atomic E-state index is 13.7. The highest BCUT2D eigenvalue weighted by Gasteiger charge is 2.22. The molecule has 0 radical (unpaired) electrons. The zero-order valence-electron chi connectivity index (χ0n) is 11.6. The minimum Gasteiger partial charge on any atom is -0.409 e. The number of oxime groups is 1. The molecule has 0 aromatic heterocycles. The van der Waals surface area contributed by atoms with Crippen molar-refractivity contribution in [2.75, 3.05) is 12.4 Å². The number of halogens is 1. The molecule has 1 aromatic carbocycles. The first-order valence-electron chi connectivity index (χ1n) is 5.92. The maximum atomic E-state index is 13.7. The van der Waals surface area contributed by atoms with Gasteiger partial charge in [-0.15, -0.1) is 0 Å². The molecule has 7 heteroatoms. The van der Waals surface area contributed by atoms with Crippen molar-refractivity contribution in [1.82, 2.24) is 0 Å². The molecule has 6 nitrogen and oxygen atoms in total. The molecule has 0 spiro atoms. The smallest absolute Gasteiger partial charge is 0.227 e. The first-order valence-corrected chi connectivity index (χ1v) is 5.92. The van der Waals surface area contributed by atoms with Gasteiger partial charge in [0.2, 0.25) is 5.91 Å². The number of anilines is 1. The Kier molecular flexibility index (Phi) is 5.04. The van der Waals surface area contributed by atoms with Gasteiger partial charge in [-0.25, -0.2) is 4.39 Å². The summed E-state index contributed by atoms with van der Waals surface area (Å²) in [6.45, 7) is 3.51. The lowest BCUT2D eigenvalue weighted by molar-refractivity contribution is -0.121. The van der Waals surface area contributed by atoms with Crippen molar-refractivity contribution in [3.63, 3.8) is 0 Å². The van der Waals surface area contributed by atoms with Crippen molar-refractivity contribution < 1.29 is 19.1 Å². The largest absolute Gasteiger partial charge is 0.409 e. The molecule has 0 saturated carbocycles. The number of hydrogen-bond donors (Lipinski definition) is 3. The van der Waals surface area contributed by atoms with Crippen LogP contribution in [0.25, 0.3) is 0 Å². The Hall–Kier alpha value is -2.15. The molecule has 0 bridgehead atoms. The Labute approximate surface area is 116 Å². The van der Waals surface area contributed by atoms with Gasteiger partial charge in [-0.2, -0.15) is 0 Å². The standard InChI is InChI=1S/C13H18FN3O3/c1-13(2,20-3)7-10(18)16-9-6-4-5-8(14)11(9)12(15)17-19/h4-6,19H,7H2,1-3H3,(H2,15,17)(H,16,18). The molecule has 0 unspecified atom stereocenters. The van der Waals surface area contributed by atoms with E-state index in [9.17, 15) is 9.18 Å².